The van der Waals surface area contributed by atoms with Crippen LogP contribution in [0.25, 0.3) is 0 Å². The van der Waals surface area contributed by atoms with Crippen LogP contribution in [0.4, 0.5) is 11.4 Å². The Balaban J connectivity index is 1.87. The van der Waals surface area contributed by atoms with Crippen LogP contribution in [0.3, 0.4) is 0 Å². The fourth-order valence-corrected chi connectivity index (χ4v) is 2.55. The number of nitrogens with zero attached hydrogens (tertiary/aromatic N) is 2. The number of amides is 2. The zero-order valence-corrected chi connectivity index (χ0v) is 14.1. The Kier molecular flexibility index (Phi) is 6.00. The zero-order valence-electron chi connectivity index (χ0n) is 12.6. The predicted octanol–water partition coefficient (Wildman–Crippen LogP) is 2.86. The molecular formula is C14H15ClN4O3S. The van der Waals surface area contributed by atoms with E-state index in [2.05, 4.69) is 20.8 Å². The molecule has 7 nitrogen and oxygen atoms in total. The Labute approximate surface area is 142 Å². The molecule has 2 amide bonds. The van der Waals surface area contributed by atoms with E-state index in [9.17, 15) is 9.59 Å². The summed E-state index contributed by atoms with van der Waals surface area (Å²) < 4.78 is 4.85. The lowest BCUT2D eigenvalue weighted by Crippen LogP contribution is -2.15. The number of aromatic nitrogens is 2. The number of benzene rings is 1. The predicted molar refractivity (Wildman–Crippen MR) is 89.6 cm³/mol. The number of anilines is 2. The second-order valence-corrected chi connectivity index (χ2v) is 6.04. The first-order chi connectivity index (χ1) is 10.9. The highest BCUT2D eigenvalue weighted by molar-refractivity contribution is 7.99. The number of hydrogen-bond donors (Lipinski definition) is 2. The molecule has 0 unspecified atom stereocenters. The van der Waals surface area contributed by atoms with E-state index >= 15 is 0 Å². The summed E-state index contributed by atoms with van der Waals surface area (Å²) in [6, 6.07) is 4.87. The molecule has 9 heteroatoms. The molecule has 0 radical (unpaired) electrons. The number of thioether (sulfide) groups is 1. The minimum Gasteiger partial charge on any atom is -0.340 e. The highest BCUT2D eigenvalue weighted by atomic mass is 35.5. The van der Waals surface area contributed by atoms with Gasteiger partial charge in [0.15, 0.2) is 5.82 Å². The van der Waals surface area contributed by atoms with E-state index in [-0.39, 0.29) is 17.6 Å². The third-order valence-electron chi connectivity index (χ3n) is 2.59. The van der Waals surface area contributed by atoms with Gasteiger partial charge in [-0.05, 0) is 18.2 Å². The van der Waals surface area contributed by atoms with Crippen LogP contribution >= 0.6 is 23.4 Å². The molecule has 1 aromatic heterocycles. The molecule has 0 aliphatic carbocycles. The van der Waals surface area contributed by atoms with Crippen LogP contribution in [0, 0.1) is 6.92 Å². The maximum absolute atomic E-state index is 12.0. The summed E-state index contributed by atoms with van der Waals surface area (Å²) in [4.78, 5) is 27.1. The molecule has 0 saturated carbocycles. The molecule has 1 heterocycles. The molecule has 2 N–H and O–H groups in total. The van der Waals surface area contributed by atoms with Crippen LogP contribution in [-0.2, 0) is 15.3 Å². The molecule has 122 valence electrons. The van der Waals surface area contributed by atoms with Gasteiger partial charge in [-0.2, -0.15) is 4.98 Å². The van der Waals surface area contributed by atoms with Gasteiger partial charge in [-0.1, -0.05) is 16.8 Å². The van der Waals surface area contributed by atoms with Gasteiger partial charge in [-0.3, -0.25) is 9.59 Å². The summed E-state index contributed by atoms with van der Waals surface area (Å²) in [6.45, 7) is 3.11. The van der Waals surface area contributed by atoms with E-state index in [0.29, 0.717) is 33.9 Å². The maximum Gasteiger partial charge on any atom is 0.234 e. The molecule has 0 bridgehead atoms. The number of aryl methyl sites for hydroxylation is 1. The van der Waals surface area contributed by atoms with Gasteiger partial charge in [0.1, 0.15) is 0 Å². The zero-order chi connectivity index (χ0) is 16.8. The van der Waals surface area contributed by atoms with Crippen molar-refractivity contribution in [2.75, 3.05) is 16.4 Å². The Morgan fingerprint density at radius 3 is 2.78 bits per heavy atom. The summed E-state index contributed by atoms with van der Waals surface area (Å²) >= 11 is 7.40. The number of carbonyl (C=O) groups is 2. The average molecular weight is 355 g/mol. The molecule has 2 rings (SSSR count). The number of halogens is 1. The quantitative estimate of drug-likeness (QED) is 0.827. The van der Waals surface area contributed by atoms with Gasteiger partial charge in [-0.15, -0.1) is 11.8 Å². The molecule has 0 aliphatic rings. The van der Waals surface area contributed by atoms with Crippen LogP contribution in [0.2, 0.25) is 5.02 Å². The van der Waals surface area contributed by atoms with E-state index in [1.54, 1.807) is 25.1 Å². The van der Waals surface area contributed by atoms with E-state index < -0.39 is 0 Å². The van der Waals surface area contributed by atoms with Crippen molar-refractivity contribution in [3.05, 3.63) is 34.9 Å². The third-order valence-corrected chi connectivity index (χ3v) is 3.85. The molecule has 1 aromatic carbocycles. The van der Waals surface area contributed by atoms with Gasteiger partial charge in [0, 0.05) is 19.5 Å². The SMILES string of the molecule is CC(=O)Nc1ccc(Cl)c(NC(=O)CSCc2noc(C)n2)c1. The maximum atomic E-state index is 12.0. The lowest BCUT2D eigenvalue weighted by atomic mass is 10.2. The number of carbonyl (C=O) groups excluding carboxylic acids is 2. The first kappa shape index (κ1) is 17.3. The smallest absolute Gasteiger partial charge is 0.234 e. The molecular weight excluding hydrogens is 340 g/mol. The molecule has 2 aromatic rings. The summed E-state index contributed by atoms with van der Waals surface area (Å²) in [5, 5.41) is 9.48. The normalized spacial score (nSPS) is 10.4. The standard InChI is InChI=1S/C14H15ClN4O3S/c1-8(20)16-10-3-4-11(15)12(5-10)18-14(21)7-23-6-13-17-9(2)22-19-13/h3-5H,6-7H2,1-2H3,(H,16,20)(H,18,21). The van der Waals surface area contributed by atoms with Crippen molar-refractivity contribution >= 4 is 46.6 Å². The van der Waals surface area contributed by atoms with Gasteiger partial charge in [0.2, 0.25) is 17.7 Å². The Morgan fingerprint density at radius 1 is 1.35 bits per heavy atom. The van der Waals surface area contributed by atoms with Crippen molar-refractivity contribution in [2.45, 2.75) is 19.6 Å². The monoisotopic (exact) mass is 354 g/mol. The second-order valence-electron chi connectivity index (χ2n) is 4.65. The lowest BCUT2D eigenvalue weighted by molar-refractivity contribution is -0.114. The summed E-state index contributed by atoms with van der Waals surface area (Å²) in [5.41, 5.74) is 1.01. The first-order valence-corrected chi connectivity index (χ1v) is 8.21. The van der Waals surface area contributed by atoms with Gasteiger partial charge >= 0.3 is 0 Å². The molecule has 0 spiro atoms. The highest BCUT2D eigenvalue weighted by Gasteiger charge is 2.09. The van der Waals surface area contributed by atoms with Gasteiger partial charge < -0.3 is 15.2 Å². The fraction of sp³-hybridized carbons (Fsp3) is 0.286. The highest BCUT2D eigenvalue weighted by Crippen LogP contribution is 2.25. The fourth-order valence-electron chi connectivity index (χ4n) is 1.72. The van der Waals surface area contributed by atoms with Crippen molar-refractivity contribution < 1.29 is 14.1 Å². The van der Waals surface area contributed by atoms with Crippen molar-refractivity contribution in [1.29, 1.82) is 0 Å². The first-order valence-electron chi connectivity index (χ1n) is 6.68. The van der Waals surface area contributed by atoms with Crippen molar-refractivity contribution in [3.8, 4) is 0 Å². The van der Waals surface area contributed by atoms with Crippen LogP contribution in [0.5, 0.6) is 0 Å². The largest absolute Gasteiger partial charge is 0.340 e. The molecule has 0 aliphatic heterocycles. The Morgan fingerprint density at radius 2 is 2.13 bits per heavy atom. The number of hydrogen-bond acceptors (Lipinski definition) is 6. The van der Waals surface area contributed by atoms with Gasteiger partial charge in [-0.25, -0.2) is 0 Å². The van der Waals surface area contributed by atoms with Crippen molar-refractivity contribution in [2.24, 2.45) is 0 Å². The molecule has 0 atom stereocenters. The Bertz CT molecular complexity index is 720. The topological polar surface area (TPSA) is 97.1 Å². The van der Waals surface area contributed by atoms with Crippen LogP contribution < -0.4 is 10.6 Å². The molecule has 0 saturated heterocycles. The summed E-state index contributed by atoms with van der Waals surface area (Å²) in [7, 11) is 0. The van der Waals surface area contributed by atoms with Crippen LogP contribution in [0.15, 0.2) is 22.7 Å². The Hall–Kier alpha value is -2.06. The van der Waals surface area contributed by atoms with Crippen molar-refractivity contribution in [3.63, 3.8) is 0 Å². The minimum absolute atomic E-state index is 0.199. The number of rotatable bonds is 6. The average Bonchev–Trinajstić information content (AvgIpc) is 2.87. The minimum atomic E-state index is -0.211. The summed E-state index contributed by atoms with van der Waals surface area (Å²) in [5.74, 6) is 1.32. The summed E-state index contributed by atoms with van der Waals surface area (Å²) in [6.07, 6.45) is 0. The van der Waals surface area contributed by atoms with Crippen LogP contribution in [-0.4, -0.2) is 27.7 Å². The van der Waals surface area contributed by atoms with Crippen LogP contribution in [0.1, 0.15) is 18.6 Å². The number of nitrogens with one attached hydrogen (secondary N) is 2. The second kappa shape index (κ2) is 7.98. The lowest BCUT2D eigenvalue weighted by Gasteiger charge is -2.09. The van der Waals surface area contributed by atoms with E-state index in [4.69, 9.17) is 16.1 Å². The van der Waals surface area contributed by atoms with E-state index in [0.717, 1.165) is 0 Å². The molecule has 23 heavy (non-hydrogen) atoms. The van der Waals surface area contributed by atoms with Gasteiger partial charge in [0.05, 0.1) is 22.2 Å². The van der Waals surface area contributed by atoms with E-state index in [1.165, 1.54) is 18.7 Å². The third kappa shape index (κ3) is 5.57. The van der Waals surface area contributed by atoms with E-state index in [1.807, 2.05) is 0 Å². The van der Waals surface area contributed by atoms with Gasteiger partial charge in [0.25, 0.3) is 0 Å². The van der Waals surface area contributed by atoms with Crippen molar-refractivity contribution in [1.82, 2.24) is 10.1 Å². The molecule has 0 fully saturated rings.